The maximum absolute atomic E-state index is 11.2. The Bertz CT molecular complexity index is 668. The molecular formula is C15H13ClN2O2. The number of hydrogen-bond acceptors (Lipinski definition) is 3. The van der Waals surface area contributed by atoms with Crippen LogP contribution in [0.25, 0.3) is 0 Å². The Hall–Kier alpha value is -2.33. The molecular weight excluding hydrogens is 276 g/mol. The van der Waals surface area contributed by atoms with E-state index in [1.165, 1.54) is 0 Å². The van der Waals surface area contributed by atoms with Gasteiger partial charge in [-0.25, -0.2) is 4.79 Å². The van der Waals surface area contributed by atoms with E-state index in [9.17, 15) is 4.79 Å². The number of carbonyl (C=O) groups is 1. The number of aromatic carboxylic acids is 1. The van der Waals surface area contributed by atoms with Gasteiger partial charge in [0.15, 0.2) is 0 Å². The third-order valence-corrected chi connectivity index (χ3v) is 3.09. The molecule has 0 radical (unpaired) electrons. The monoisotopic (exact) mass is 288 g/mol. The van der Waals surface area contributed by atoms with Crippen LogP contribution < -0.4 is 5.43 Å². The van der Waals surface area contributed by atoms with Gasteiger partial charge in [0.05, 0.1) is 22.0 Å². The van der Waals surface area contributed by atoms with E-state index >= 15 is 0 Å². The molecule has 0 aromatic heterocycles. The molecule has 0 bridgehead atoms. The Morgan fingerprint density at radius 1 is 1.10 bits per heavy atom. The van der Waals surface area contributed by atoms with E-state index in [4.69, 9.17) is 16.7 Å². The first-order valence-corrected chi connectivity index (χ1v) is 6.35. The molecule has 2 aromatic rings. The molecule has 2 aromatic carbocycles. The van der Waals surface area contributed by atoms with E-state index < -0.39 is 5.97 Å². The second kappa shape index (κ2) is 6.21. The third kappa shape index (κ3) is 3.16. The summed E-state index contributed by atoms with van der Waals surface area (Å²) >= 11 is 6.01. The second-order valence-corrected chi connectivity index (χ2v) is 4.55. The summed E-state index contributed by atoms with van der Waals surface area (Å²) in [7, 11) is 0. The van der Waals surface area contributed by atoms with Gasteiger partial charge in [0.1, 0.15) is 0 Å². The van der Waals surface area contributed by atoms with Crippen molar-refractivity contribution in [2.45, 2.75) is 6.92 Å². The van der Waals surface area contributed by atoms with Crippen molar-refractivity contribution in [1.29, 1.82) is 0 Å². The zero-order valence-corrected chi connectivity index (χ0v) is 11.6. The van der Waals surface area contributed by atoms with Crippen LogP contribution in [0.4, 0.5) is 5.69 Å². The normalized spacial score (nSPS) is 11.2. The van der Waals surface area contributed by atoms with Crippen molar-refractivity contribution < 1.29 is 9.90 Å². The number of anilines is 1. The molecule has 4 nitrogen and oxygen atoms in total. The third-order valence-electron chi connectivity index (χ3n) is 2.77. The van der Waals surface area contributed by atoms with Crippen LogP contribution in [0.3, 0.4) is 0 Å². The highest BCUT2D eigenvalue weighted by Gasteiger charge is 2.11. The maximum Gasteiger partial charge on any atom is 0.336 e. The number of para-hydroxylation sites is 1. The first-order valence-electron chi connectivity index (χ1n) is 5.97. The molecule has 0 aliphatic heterocycles. The highest BCUT2D eigenvalue weighted by molar-refractivity contribution is 6.33. The molecule has 0 fully saturated rings. The van der Waals surface area contributed by atoms with Gasteiger partial charge in [0, 0.05) is 5.56 Å². The second-order valence-electron chi connectivity index (χ2n) is 4.14. The SMILES string of the molecule is C/C(=N\Nc1ccccc1Cl)c1ccccc1C(=O)O. The first kappa shape index (κ1) is 14.1. The fraction of sp³-hybridized carbons (Fsp3) is 0.0667. The standard InChI is InChI=1S/C15H13ClN2O2/c1-10(11-6-2-3-7-12(11)15(19)20)17-18-14-9-5-4-8-13(14)16/h2-9,18H,1H3,(H,19,20)/b17-10+. The Labute approximate surface area is 121 Å². The molecule has 0 amide bonds. The minimum atomic E-state index is -0.979. The van der Waals surface area contributed by atoms with Gasteiger partial charge in [-0.1, -0.05) is 41.9 Å². The molecule has 0 unspecified atom stereocenters. The van der Waals surface area contributed by atoms with Crippen LogP contribution in [0.2, 0.25) is 5.02 Å². The lowest BCUT2D eigenvalue weighted by molar-refractivity contribution is 0.0696. The summed E-state index contributed by atoms with van der Waals surface area (Å²) in [5, 5.41) is 13.9. The molecule has 2 N–H and O–H groups in total. The number of nitrogens with one attached hydrogen (secondary N) is 1. The molecule has 0 aliphatic carbocycles. The van der Waals surface area contributed by atoms with Gasteiger partial charge in [-0.05, 0) is 25.1 Å². The van der Waals surface area contributed by atoms with E-state index in [0.29, 0.717) is 22.0 Å². The lowest BCUT2D eigenvalue weighted by Crippen LogP contribution is -2.08. The molecule has 0 aliphatic rings. The van der Waals surface area contributed by atoms with Crippen molar-refractivity contribution in [3.63, 3.8) is 0 Å². The Morgan fingerprint density at radius 2 is 1.70 bits per heavy atom. The summed E-state index contributed by atoms with van der Waals surface area (Å²) in [5.41, 5.74) is 4.87. The maximum atomic E-state index is 11.2. The van der Waals surface area contributed by atoms with Crippen molar-refractivity contribution in [3.05, 3.63) is 64.7 Å². The fourth-order valence-corrected chi connectivity index (χ4v) is 1.92. The smallest absolute Gasteiger partial charge is 0.336 e. The van der Waals surface area contributed by atoms with Crippen LogP contribution in [0.5, 0.6) is 0 Å². The van der Waals surface area contributed by atoms with Gasteiger partial charge in [-0.3, -0.25) is 5.43 Å². The minimum absolute atomic E-state index is 0.217. The fourth-order valence-electron chi connectivity index (χ4n) is 1.74. The summed E-state index contributed by atoms with van der Waals surface area (Å²) in [6.07, 6.45) is 0. The van der Waals surface area contributed by atoms with Crippen LogP contribution in [0.1, 0.15) is 22.8 Å². The summed E-state index contributed by atoms with van der Waals surface area (Å²) in [5.74, 6) is -0.979. The van der Waals surface area contributed by atoms with Crippen LogP contribution in [0, 0.1) is 0 Å². The molecule has 0 saturated carbocycles. The number of nitrogens with zero attached hydrogens (tertiary/aromatic N) is 1. The lowest BCUT2D eigenvalue weighted by atomic mass is 10.0. The minimum Gasteiger partial charge on any atom is -0.478 e. The van der Waals surface area contributed by atoms with Gasteiger partial charge in [-0.15, -0.1) is 0 Å². The van der Waals surface area contributed by atoms with Crippen LogP contribution in [-0.2, 0) is 0 Å². The number of benzene rings is 2. The summed E-state index contributed by atoms with van der Waals surface area (Å²) in [6, 6.07) is 13.9. The van der Waals surface area contributed by atoms with Crippen LogP contribution in [0.15, 0.2) is 53.6 Å². The van der Waals surface area contributed by atoms with E-state index in [-0.39, 0.29) is 5.56 Å². The van der Waals surface area contributed by atoms with E-state index in [1.54, 1.807) is 43.3 Å². The van der Waals surface area contributed by atoms with E-state index in [2.05, 4.69) is 10.5 Å². The molecule has 0 heterocycles. The molecule has 102 valence electrons. The predicted octanol–water partition coefficient (Wildman–Crippen LogP) is 3.87. The number of rotatable bonds is 4. The number of hydrazone groups is 1. The summed E-state index contributed by atoms with van der Waals surface area (Å²) < 4.78 is 0. The molecule has 2 rings (SSSR count). The van der Waals surface area contributed by atoms with Crippen molar-refractivity contribution in [2.75, 3.05) is 5.43 Å². The molecule has 0 saturated heterocycles. The Balaban J connectivity index is 2.28. The number of carboxylic acid groups (broad SMARTS) is 1. The lowest BCUT2D eigenvalue weighted by Gasteiger charge is -2.07. The number of halogens is 1. The van der Waals surface area contributed by atoms with Crippen LogP contribution >= 0.6 is 11.6 Å². The van der Waals surface area contributed by atoms with Crippen LogP contribution in [-0.4, -0.2) is 16.8 Å². The predicted molar refractivity (Wildman–Crippen MR) is 80.7 cm³/mol. The van der Waals surface area contributed by atoms with Gasteiger partial charge in [-0.2, -0.15) is 5.10 Å². The highest BCUT2D eigenvalue weighted by atomic mass is 35.5. The van der Waals surface area contributed by atoms with Crippen molar-refractivity contribution in [1.82, 2.24) is 0 Å². The molecule has 20 heavy (non-hydrogen) atoms. The first-order chi connectivity index (χ1) is 9.59. The van der Waals surface area contributed by atoms with Gasteiger partial charge in [0.25, 0.3) is 0 Å². The van der Waals surface area contributed by atoms with Gasteiger partial charge in [0.2, 0.25) is 0 Å². The van der Waals surface area contributed by atoms with E-state index in [0.717, 1.165) is 0 Å². The number of carboxylic acids is 1. The summed E-state index contributed by atoms with van der Waals surface area (Å²) in [4.78, 5) is 11.2. The summed E-state index contributed by atoms with van der Waals surface area (Å²) in [6.45, 7) is 1.74. The van der Waals surface area contributed by atoms with Gasteiger partial charge >= 0.3 is 5.97 Å². The molecule has 0 atom stereocenters. The zero-order chi connectivity index (χ0) is 14.5. The van der Waals surface area contributed by atoms with Crippen molar-refractivity contribution in [2.24, 2.45) is 5.10 Å². The van der Waals surface area contributed by atoms with Crippen molar-refractivity contribution in [3.8, 4) is 0 Å². The zero-order valence-electron chi connectivity index (χ0n) is 10.8. The Morgan fingerprint density at radius 3 is 2.35 bits per heavy atom. The van der Waals surface area contributed by atoms with Gasteiger partial charge < -0.3 is 5.11 Å². The Kier molecular flexibility index (Phi) is 4.38. The topological polar surface area (TPSA) is 61.7 Å². The average molecular weight is 289 g/mol. The quantitative estimate of drug-likeness (QED) is 0.663. The van der Waals surface area contributed by atoms with Crippen molar-refractivity contribution >= 4 is 29.0 Å². The molecule has 5 heteroatoms. The number of hydrogen-bond donors (Lipinski definition) is 2. The molecule has 0 spiro atoms. The largest absolute Gasteiger partial charge is 0.478 e. The highest BCUT2D eigenvalue weighted by Crippen LogP contribution is 2.20. The average Bonchev–Trinajstić information content (AvgIpc) is 2.46. The van der Waals surface area contributed by atoms with E-state index in [1.807, 2.05) is 12.1 Å².